The summed E-state index contributed by atoms with van der Waals surface area (Å²) in [6.45, 7) is -0.306. The van der Waals surface area contributed by atoms with Crippen LogP contribution in [0.2, 0.25) is 0 Å². The number of ether oxygens (including phenoxy) is 1. The minimum Gasteiger partial charge on any atom is -0.453 e. The fourth-order valence-electron chi connectivity index (χ4n) is 1.98. The Morgan fingerprint density at radius 2 is 2.00 bits per heavy atom. The van der Waals surface area contributed by atoms with Gasteiger partial charge in [-0.2, -0.15) is 0 Å². The first-order valence-corrected chi connectivity index (χ1v) is 4.91. The van der Waals surface area contributed by atoms with Gasteiger partial charge in [0.15, 0.2) is 5.50 Å². The lowest BCUT2D eigenvalue weighted by Crippen LogP contribution is -2.44. The van der Waals surface area contributed by atoms with Gasteiger partial charge in [-0.1, -0.05) is 18.2 Å². The Hall–Kier alpha value is -1.37. The normalized spacial score (nSPS) is 22.8. The molecule has 5 nitrogen and oxygen atoms in total. The molecule has 1 unspecified atom stereocenters. The van der Waals surface area contributed by atoms with Crippen LogP contribution < -0.4 is 0 Å². The average molecular weight is 222 g/mol. The number of carbonyl (C=O) groups excluding carboxylic acids is 1. The number of carbonyl (C=O) groups is 1. The molecule has 2 rings (SSSR count). The van der Waals surface area contributed by atoms with Crippen molar-refractivity contribution in [1.29, 1.82) is 0 Å². The Kier molecular flexibility index (Phi) is 2.71. The molecule has 0 radical (unpaired) electrons. The van der Waals surface area contributed by atoms with Gasteiger partial charge in [0.1, 0.15) is 0 Å². The van der Waals surface area contributed by atoms with Gasteiger partial charge >= 0.3 is 13.1 Å². The molecule has 0 spiro atoms. The summed E-state index contributed by atoms with van der Waals surface area (Å²) in [7, 11) is -1.85. The summed E-state index contributed by atoms with van der Waals surface area (Å²) in [5.41, 5.74) is -0.823. The van der Waals surface area contributed by atoms with E-state index in [2.05, 4.69) is 0 Å². The molecule has 0 fully saturated rings. The van der Waals surface area contributed by atoms with Gasteiger partial charge in [-0.3, -0.25) is 0 Å². The third kappa shape index (κ3) is 1.43. The van der Waals surface area contributed by atoms with Crippen molar-refractivity contribution in [3.05, 3.63) is 35.4 Å². The Morgan fingerprint density at radius 3 is 2.62 bits per heavy atom. The van der Waals surface area contributed by atoms with E-state index in [1.54, 1.807) is 24.3 Å². The van der Waals surface area contributed by atoms with Gasteiger partial charge in [0.05, 0.1) is 5.56 Å². The van der Waals surface area contributed by atoms with E-state index in [4.69, 9.17) is 9.84 Å². The quantitative estimate of drug-likeness (QED) is 0.471. The van der Waals surface area contributed by atoms with Crippen molar-refractivity contribution < 1.29 is 24.7 Å². The largest absolute Gasteiger partial charge is 0.503 e. The van der Waals surface area contributed by atoms with E-state index in [-0.39, 0.29) is 13.0 Å². The Balaban J connectivity index is 2.55. The molecule has 1 aromatic rings. The van der Waals surface area contributed by atoms with Crippen molar-refractivity contribution >= 4 is 13.1 Å². The zero-order valence-corrected chi connectivity index (χ0v) is 8.46. The molecule has 6 heteroatoms. The summed E-state index contributed by atoms with van der Waals surface area (Å²) in [6.07, 6.45) is -0.0482. The number of esters is 1. The molecule has 1 heterocycles. The van der Waals surface area contributed by atoms with E-state index in [9.17, 15) is 14.8 Å². The summed E-state index contributed by atoms with van der Waals surface area (Å²) in [6, 6.07) is 6.49. The van der Waals surface area contributed by atoms with Crippen molar-refractivity contribution in [2.75, 3.05) is 6.61 Å². The van der Waals surface area contributed by atoms with E-state index in [0.717, 1.165) is 0 Å². The lowest BCUT2D eigenvalue weighted by molar-refractivity contribution is 0.00353. The fourth-order valence-corrected chi connectivity index (χ4v) is 1.98. The highest BCUT2D eigenvalue weighted by atomic mass is 16.6. The van der Waals surface area contributed by atoms with Gasteiger partial charge in [0.2, 0.25) is 0 Å². The van der Waals surface area contributed by atoms with Gasteiger partial charge in [-0.25, -0.2) is 4.79 Å². The zero-order chi connectivity index (χ0) is 11.8. The summed E-state index contributed by atoms with van der Waals surface area (Å²) >= 11 is 0. The second kappa shape index (κ2) is 3.90. The van der Waals surface area contributed by atoms with Crippen molar-refractivity contribution in [3.63, 3.8) is 0 Å². The fraction of sp³-hybridized carbons (Fsp3) is 0.300. The van der Waals surface area contributed by atoms with Crippen LogP contribution in [-0.2, 0) is 10.2 Å². The summed E-state index contributed by atoms with van der Waals surface area (Å²) < 4.78 is 5.02. The molecule has 16 heavy (non-hydrogen) atoms. The third-order valence-corrected chi connectivity index (χ3v) is 2.78. The molecule has 1 aromatic carbocycles. The smallest absolute Gasteiger partial charge is 0.453 e. The molecule has 0 saturated carbocycles. The lowest BCUT2D eigenvalue weighted by Gasteiger charge is -2.26. The zero-order valence-electron chi connectivity index (χ0n) is 8.46. The number of aliphatic hydroxyl groups excluding tert-OH is 1. The topological polar surface area (TPSA) is 87.0 Å². The maximum absolute atomic E-state index is 11.5. The van der Waals surface area contributed by atoms with Crippen LogP contribution in [-0.4, -0.2) is 34.8 Å². The van der Waals surface area contributed by atoms with E-state index in [1.807, 2.05) is 0 Å². The van der Waals surface area contributed by atoms with E-state index >= 15 is 0 Å². The number of benzene rings is 1. The molecule has 3 N–H and O–H groups in total. The summed E-state index contributed by atoms with van der Waals surface area (Å²) in [5, 5.41) is 27.7. The maximum atomic E-state index is 11.5. The first-order valence-electron chi connectivity index (χ1n) is 4.91. The average Bonchev–Trinajstić information content (AvgIpc) is 2.55. The molecule has 1 aliphatic heterocycles. The molecule has 0 aromatic heterocycles. The number of rotatable bonds is 3. The Labute approximate surface area is 92.4 Å². The highest BCUT2D eigenvalue weighted by Crippen LogP contribution is 2.39. The molecular weight excluding hydrogens is 211 g/mol. The molecule has 1 atom stereocenters. The van der Waals surface area contributed by atoms with E-state index < -0.39 is 18.6 Å². The van der Waals surface area contributed by atoms with Crippen LogP contribution in [0.25, 0.3) is 0 Å². The molecule has 1 aliphatic rings. The van der Waals surface area contributed by atoms with Crippen LogP contribution in [0.4, 0.5) is 0 Å². The van der Waals surface area contributed by atoms with E-state index in [0.29, 0.717) is 11.1 Å². The molecule has 84 valence electrons. The van der Waals surface area contributed by atoms with Crippen molar-refractivity contribution in [2.45, 2.75) is 11.9 Å². The molecule has 0 saturated heterocycles. The van der Waals surface area contributed by atoms with Gasteiger partial charge in [-0.15, -0.1) is 0 Å². The molecule has 0 amide bonds. The Bertz CT molecular complexity index is 419. The van der Waals surface area contributed by atoms with Gasteiger partial charge in [0.25, 0.3) is 0 Å². The summed E-state index contributed by atoms with van der Waals surface area (Å²) in [5.74, 6) is -0.600. The van der Waals surface area contributed by atoms with E-state index in [1.165, 1.54) is 0 Å². The monoisotopic (exact) mass is 222 g/mol. The van der Waals surface area contributed by atoms with Gasteiger partial charge in [0, 0.05) is 18.6 Å². The van der Waals surface area contributed by atoms with Crippen molar-refractivity contribution in [1.82, 2.24) is 0 Å². The predicted molar refractivity (Wildman–Crippen MR) is 55.4 cm³/mol. The molecule has 0 aliphatic carbocycles. The van der Waals surface area contributed by atoms with Crippen molar-refractivity contribution in [2.24, 2.45) is 0 Å². The number of aliphatic hydroxyl groups is 1. The van der Waals surface area contributed by atoms with Crippen LogP contribution in [0, 0.1) is 0 Å². The standard InChI is InChI=1S/C10H11BO5/c12-6-5-10(11(14)15)8-4-2-1-3-7(8)9(13)16-10/h1-4,12,14-15H,5-6H2. The first-order chi connectivity index (χ1) is 7.62. The number of cyclic esters (lactones) is 1. The first kappa shape index (κ1) is 11.1. The highest BCUT2D eigenvalue weighted by molar-refractivity contribution is 6.46. The van der Waals surface area contributed by atoms with Crippen molar-refractivity contribution in [3.8, 4) is 0 Å². The van der Waals surface area contributed by atoms with Crippen LogP contribution in [0.1, 0.15) is 22.3 Å². The second-order valence-electron chi connectivity index (χ2n) is 3.67. The van der Waals surface area contributed by atoms with Crippen LogP contribution >= 0.6 is 0 Å². The van der Waals surface area contributed by atoms with Gasteiger partial charge < -0.3 is 19.9 Å². The Morgan fingerprint density at radius 1 is 1.31 bits per heavy atom. The van der Waals surface area contributed by atoms with Crippen LogP contribution in [0.3, 0.4) is 0 Å². The molecule has 0 bridgehead atoms. The number of hydrogen-bond donors (Lipinski definition) is 3. The minimum absolute atomic E-state index is 0.0482. The second-order valence-corrected chi connectivity index (χ2v) is 3.67. The predicted octanol–water partition coefficient (Wildman–Crippen LogP) is -0.553. The lowest BCUT2D eigenvalue weighted by atomic mass is 9.62. The van der Waals surface area contributed by atoms with Crippen LogP contribution in [0.15, 0.2) is 24.3 Å². The molecular formula is C10H11BO5. The minimum atomic E-state index is -1.85. The number of hydrogen-bond acceptors (Lipinski definition) is 5. The van der Waals surface area contributed by atoms with Crippen LogP contribution in [0.5, 0.6) is 0 Å². The maximum Gasteiger partial charge on any atom is 0.503 e. The summed E-state index contributed by atoms with van der Waals surface area (Å²) in [4.78, 5) is 11.5. The SMILES string of the molecule is O=C1OC(CCO)(B(O)O)c2ccccc21. The number of fused-ring (bicyclic) bond motifs is 1. The highest BCUT2D eigenvalue weighted by Gasteiger charge is 2.53. The van der Waals surface area contributed by atoms with Gasteiger partial charge in [-0.05, 0) is 6.07 Å². The third-order valence-electron chi connectivity index (χ3n) is 2.78.